The van der Waals surface area contributed by atoms with Crippen molar-refractivity contribution in [2.75, 3.05) is 20.3 Å². The van der Waals surface area contributed by atoms with E-state index in [1.165, 1.54) is 33.1 Å². The molecule has 146 valence electrons. The summed E-state index contributed by atoms with van der Waals surface area (Å²) >= 11 is 3.82. The fourth-order valence-corrected chi connectivity index (χ4v) is 3.80. The second kappa shape index (κ2) is 10.7. The van der Waals surface area contributed by atoms with Crippen LogP contribution in [0.15, 0.2) is 24.3 Å². The molecule has 0 spiro atoms. The molecule has 0 saturated carbocycles. The Kier molecular flexibility index (Phi) is 8.56. The van der Waals surface area contributed by atoms with Crippen molar-refractivity contribution in [3.8, 4) is 5.75 Å². The van der Waals surface area contributed by atoms with Crippen LogP contribution in [0.25, 0.3) is 0 Å². The van der Waals surface area contributed by atoms with Gasteiger partial charge >= 0.3 is 5.97 Å². The van der Waals surface area contributed by atoms with Crippen LogP contribution in [-0.2, 0) is 16.0 Å². The van der Waals surface area contributed by atoms with Gasteiger partial charge < -0.3 is 14.8 Å². The Morgan fingerprint density at radius 1 is 1.19 bits per heavy atom. The van der Waals surface area contributed by atoms with Gasteiger partial charge in [0.1, 0.15) is 5.75 Å². The summed E-state index contributed by atoms with van der Waals surface area (Å²) in [5.74, 6) is 0.416. The number of amides is 1. The number of methoxy groups -OCH3 is 1. The first-order chi connectivity index (χ1) is 12.9. The molecule has 7 heteroatoms. The molecule has 1 N–H and O–H groups in total. The Morgan fingerprint density at radius 3 is 2.56 bits per heavy atom. The van der Waals surface area contributed by atoms with Gasteiger partial charge in [0.05, 0.1) is 25.0 Å². The van der Waals surface area contributed by atoms with Crippen LogP contribution in [0.1, 0.15) is 38.5 Å². The number of thiophene rings is 1. The SMILES string of the molecule is COC(=O)CCNC(=O)c1ccc(CCCOc2cc(C)c(I)c(C)c2)s1. The van der Waals surface area contributed by atoms with Crippen molar-refractivity contribution in [2.45, 2.75) is 33.1 Å². The number of carbonyl (C=O) groups excluding carboxylic acids is 2. The van der Waals surface area contributed by atoms with E-state index in [1.54, 1.807) is 0 Å². The van der Waals surface area contributed by atoms with Gasteiger partial charge in [-0.2, -0.15) is 0 Å². The molecule has 1 heterocycles. The van der Waals surface area contributed by atoms with Crippen LogP contribution < -0.4 is 10.1 Å². The first-order valence-corrected chi connectivity index (χ1v) is 10.6. The summed E-state index contributed by atoms with van der Waals surface area (Å²) in [6.07, 6.45) is 1.92. The van der Waals surface area contributed by atoms with Crippen LogP contribution in [0.5, 0.6) is 5.75 Å². The summed E-state index contributed by atoms with van der Waals surface area (Å²) in [5, 5.41) is 2.73. The molecular formula is C20H24INO4S. The Morgan fingerprint density at radius 2 is 1.89 bits per heavy atom. The second-order valence-corrected chi connectivity index (χ2v) is 8.42. The maximum absolute atomic E-state index is 12.1. The highest BCUT2D eigenvalue weighted by Gasteiger charge is 2.10. The van der Waals surface area contributed by atoms with E-state index in [2.05, 4.69) is 58.6 Å². The molecule has 0 aliphatic heterocycles. The lowest BCUT2D eigenvalue weighted by Gasteiger charge is -2.10. The number of halogens is 1. The van der Waals surface area contributed by atoms with Gasteiger partial charge in [-0.3, -0.25) is 9.59 Å². The summed E-state index contributed by atoms with van der Waals surface area (Å²) in [6.45, 7) is 5.09. The van der Waals surface area contributed by atoms with Crippen LogP contribution in [0.4, 0.5) is 0 Å². The molecule has 2 rings (SSSR count). The molecule has 0 bridgehead atoms. The molecule has 27 heavy (non-hydrogen) atoms. The lowest BCUT2D eigenvalue weighted by Crippen LogP contribution is -2.25. The number of nitrogens with one attached hydrogen (secondary N) is 1. The summed E-state index contributed by atoms with van der Waals surface area (Å²) in [4.78, 5) is 24.9. The number of hydrogen-bond donors (Lipinski definition) is 1. The molecule has 2 aromatic rings. The average molecular weight is 501 g/mol. The Labute approximate surface area is 177 Å². The zero-order chi connectivity index (χ0) is 19.8. The summed E-state index contributed by atoms with van der Waals surface area (Å²) in [5.41, 5.74) is 2.46. The van der Waals surface area contributed by atoms with Gasteiger partial charge in [0.2, 0.25) is 0 Å². The summed E-state index contributed by atoms with van der Waals surface area (Å²) in [7, 11) is 1.33. The largest absolute Gasteiger partial charge is 0.494 e. The predicted molar refractivity (Wildman–Crippen MR) is 116 cm³/mol. The normalized spacial score (nSPS) is 10.5. The lowest BCUT2D eigenvalue weighted by atomic mass is 10.1. The smallest absolute Gasteiger partial charge is 0.307 e. The van der Waals surface area contributed by atoms with Crippen LogP contribution in [-0.4, -0.2) is 32.1 Å². The van der Waals surface area contributed by atoms with Gasteiger partial charge in [-0.05, 0) is 84.7 Å². The third kappa shape index (κ3) is 6.80. The van der Waals surface area contributed by atoms with Crippen molar-refractivity contribution in [3.63, 3.8) is 0 Å². The zero-order valence-electron chi connectivity index (χ0n) is 15.8. The van der Waals surface area contributed by atoms with Gasteiger partial charge in [-0.1, -0.05) is 0 Å². The number of benzene rings is 1. The lowest BCUT2D eigenvalue weighted by molar-refractivity contribution is -0.140. The molecule has 0 unspecified atom stereocenters. The molecule has 0 aliphatic carbocycles. The van der Waals surface area contributed by atoms with Gasteiger partial charge in [-0.25, -0.2) is 0 Å². The third-order valence-electron chi connectivity index (χ3n) is 3.97. The first kappa shape index (κ1) is 21.7. The fraction of sp³-hybridized carbons (Fsp3) is 0.400. The van der Waals surface area contributed by atoms with Crippen LogP contribution in [0.3, 0.4) is 0 Å². The number of esters is 1. The average Bonchev–Trinajstić information content (AvgIpc) is 3.12. The van der Waals surface area contributed by atoms with Crippen molar-refractivity contribution in [2.24, 2.45) is 0 Å². The number of aryl methyl sites for hydroxylation is 3. The minimum absolute atomic E-state index is 0.156. The molecule has 0 fully saturated rings. The van der Waals surface area contributed by atoms with E-state index in [9.17, 15) is 9.59 Å². The van der Waals surface area contributed by atoms with Gasteiger partial charge in [0.15, 0.2) is 0 Å². The van der Waals surface area contributed by atoms with Crippen LogP contribution >= 0.6 is 33.9 Å². The standard InChI is InChI=1S/C20H24INO4S/c1-13-11-15(12-14(2)19(13)21)26-10-4-5-16-6-7-17(27-16)20(24)22-9-8-18(23)25-3/h6-7,11-12H,4-5,8-10H2,1-3H3,(H,22,24). The Balaban J connectivity index is 1.74. The predicted octanol–water partition coefficient (Wildman–Crippen LogP) is 4.27. The van der Waals surface area contributed by atoms with Crippen molar-refractivity contribution in [1.82, 2.24) is 5.32 Å². The van der Waals surface area contributed by atoms with Crippen molar-refractivity contribution in [3.05, 3.63) is 48.7 Å². The molecule has 1 aromatic carbocycles. The highest BCUT2D eigenvalue weighted by molar-refractivity contribution is 14.1. The van der Waals surface area contributed by atoms with Crippen molar-refractivity contribution >= 4 is 45.8 Å². The third-order valence-corrected chi connectivity index (χ3v) is 6.82. The molecule has 1 amide bonds. The maximum Gasteiger partial charge on any atom is 0.307 e. The number of carbonyl (C=O) groups is 2. The molecule has 0 atom stereocenters. The highest BCUT2D eigenvalue weighted by atomic mass is 127. The number of hydrogen-bond acceptors (Lipinski definition) is 5. The molecule has 0 radical (unpaired) electrons. The molecule has 0 aliphatic rings. The minimum atomic E-state index is -0.333. The molecular weight excluding hydrogens is 477 g/mol. The topological polar surface area (TPSA) is 64.6 Å². The van der Waals surface area contributed by atoms with E-state index in [0.717, 1.165) is 23.5 Å². The van der Waals surface area contributed by atoms with Gasteiger partial charge in [-0.15, -0.1) is 11.3 Å². The van der Waals surface area contributed by atoms with E-state index >= 15 is 0 Å². The van der Waals surface area contributed by atoms with E-state index in [4.69, 9.17) is 4.74 Å². The highest BCUT2D eigenvalue weighted by Crippen LogP contribution is 2.23. The Hall–Kier alpha value is -1.61. The fourth-order valence-electron chi connectivity index (χ4n) is 2.53. The molecule has 5 nitrogen and oxygen atoms in total. The monoisotopic (exact) mass is 501 g/mol. The van der Waals surface area contributed by atoms with E-state index < -0.39 is 0 Å². The maximum atomic E-state index is 12.1. The summed E-state index contributed by atoms with van der Waals surface area (Å²) in [6, 6.07) is 7.92. The molecule has 1 aromatic heterocycles. The molecule has 0 saturated heterocycles. The zero-order valence-corrected chi connectivity index (χ0v) is 18.7. The van der Waals surface area contributed by atoms with Crippen LogP contribution in [0, 0.1) is 17.4 Å². The van der Waals surface area contributed by atoms with E-state index in [0.29, 0.717) is 11.5 Å². The van der Waals surface area contributed by atoms with E-state index in [1.807, 2.05) is 12.1 Å². The van der Waals surface area contributed by atoms with Gasteiger partial charge in [0, 0.05) is 15.0 Å². The second-order valence-electron chi connectivity index (χ2n) is 6.17. The van der Waals surface area contributed by atoms with Gasteiger partial charge in [0.25, 0.3) is 5.91 Å². The number of rotatable bonds is 9. The first-order valence-electron chi connectivity index (χ1n) is 8.74. The van der Waals surface area contributed by atoms with Crippen molar-refractivity contribution < 1.29 is 19.1 Å². The number of ether oxygens (including phenoxy) is 2. The van der Waals surface area contributed by atoms with Crippen LogP contribution in [0.2, 0.25) is 0 Å². The van der Waals surface area contributed by atoms with Crippen molar-refractivity contribution in [1.29, 1.82) is 0 Å². The Bertz CT molecular complexity index is 780. The quantitative estimate of drug-likeness (QED) is 0.317. The summed E-state index contributed by atoms with van der Waals surface area (Å²) < 4.78 is 11.7. The minimum Gasteiger partial charge on any atom is -0.494 e. The van der Waals surface area contributed by atoms with E-state index in [-0.39, 0.29) is 24.8 Å².